The predicted molar refractivity (Wildman–Crippen MR) is 72.5 cm³/mol. The van der Waals surface area contributed by atoms with Crippen molar-refractivity contribution in [3.05, 3.63) is 29.3 Å². The lowest BCUT2D eigenvalue weighted by atomic mass is 9.57. The van der Waals surface area contributed by atoms with Crippen molar-refractivity contribution in [2.45, 2.75) is 43.6 Å². The number of hydrogen-bond acceptors (Lipinski definition) is 2. The standard InChI is InChI=1S/C15H22N2/c1-17(2)11-4-5-12-13(10-11)15(7-3-8-15)9-6-14(12)16/h4-5,10,14H,3,6-9,16H2,1-2H3. The predicted octanol–water partition coefficient (Wildman–Crippen LogP) is 2.97. The summed E-state index contributed by atoms with van der Waals surface area (Å²) in [5, 5.41) is 0. The van der Waals surface area contributed by atoms with Crippen molar-refractivity contribution in [1.29, 1.82) is 0 Å². The molecular formula is C15H22N2. The average Bonchev–Trinajstić information content (AvgIpc) is 2.27. The highest BCUT2D eigenvalue weighted by atomic mass is 15.1. The summed E-state index contributed by atoms with van der Waals surface area (Å²) in [4.78, 5) is 2.19. The van der Waals surface area contributed by atoms with Crippen LogP contribution in [0.25, 0.3) is 0 Å². The molecule has 0 radical (unpaired) electrons. The van der Waals surface area contributed by atoms with Gasteiger partial charge in [-0.25, -0.2) is 0 Å². The van der Waals surface area contributed by atoms with Gasteiger partial charge in [-0.05, 0) is 54.4 Å². The van der Waals surface area contributed by atoms with E-state index in [0.717, 1.165) is 6.42 Å². The smallest absolute Gasteiger partial charge is 0.0364 e. The van der Waals surface area contributed by atoms with Crippen molar-refractivity contribution in [3.8, 4) is 0 Å². The topological polar surface area (TPSA) is 29.3 Å². The first-order chi connectivity index (χ1) is 8.12. The van der Waals surface area contributed by atoms with E-state index in [2.05, 4.69) is 37.2 Å². The molecule has 1 unspecified atom stereocenters. The quantitative estimate of drug-likeness (QED) is 0.803. The number of nitrogens with zero attached hydrogens (tertiary/aromatic N) is 1. The second kappa shape index (κ2) is 3.74. The summed E-state index contributed by atoms with van der Waals surface area (Å²) in [5.74, 6) is 0. The van der Waals surface area contributed by atoms with Crippen molar-refractivity contribution in [2.75, 3.05) is 19.0 Å². The van der Waals surface area contributed by atoms with Gasteiger partial charge in [0.15, 0.2) is 0 Å². The van der Waals surface area contributed by atoms with E-state index < -0.39 is 0 Å². The third-order valence-electron chi connectivity index (χ3n) is 4.77. The van der Waals surface area contributed by atoms with Crippen LogP contribution in [0.15, 0.2) is 18.2 Å². The fourth-order valence-corrected chi connectivity index (χ4v) is 3.45. The van der Waals surface area contributed by atoms with Crippen LogP contribution in [-0.2, 0) is 5.41 Å². The summed E-state index contributed by atoms with van der Waals surface area (Å²) in [6, 6.07) is 7.10. The Morgan fingerprint density at radius 1 is 1.24 bits per heavy atom. The maximum Gasteiger partial charge on any atom is 0.0364 e. The van der Waals surface area contributed by atoms with Crippen LogP contribution in [-0.4, -0.2) is 14.1 Å². The molecule has 0 aliphatic heterocycles. The molecule has 2 aliphatic carbocycles. The lowest BCUT2D eigenvalue weighted by Gasteiger charge is -2.48. The van der Waals surface area contributed by atoms with Crippen LogP contribution in [0.5, 0.6) is 0 Å². The van der Waals surface area contributed by atoms with Gasteiger partial charge in [0.1, 0.15) is 0 Å². The number of fused-ring (bicyclic) bond motifs is 2. The first-order valence-electron chi connectivity index (χ1n) is 6.70. The van der Waals surface area contributed by atoms with Gasteiger partial charge in [-0.2, -0.15) is 0 Å². The molecule has 0 bridgehead atoms. The van der Waals surface area contributed by atoms with Gasteiger partial charge in [0.2, 0.25) is 0 Å². The molecule has 1 aromatic rings. The molecule has 1 spiro atoms. The first kappa shape index (κ1) is 11.1. The zero-order valence-electron chi connectivity index (χ0n) is 10.9. The molecule has 1 fully saturated rings. The van der Waals surface area contributed by atoms with Gasteiger partial charge < -0.3 is 10.6 Å². The van der Waals surface area contributed by atoms with Crippen molar-refractivity contribution < 1.29 is 0 Å². The van der Waals surface area contributed by atoms with Crippen LogP contribution in [0.3, 0.4) is 0 Å². The highest BCUT2D eigenvalue weighted by molar-refractivity contribution is 5.54. The van der Waals surface area contributed by atoms with Gasteiger partial charge in [-0.15, -0.1) is 0 Å². The fraction of sp³-hybridized carbons (Fsp3) is 0.600. The largest absolute Gasteiger partial charge is 0.378 e. The molecule has 0 amide bonds. The monoisotopic (exact) mass is 230 g/mol. The van der Waals surface area contributed by atoms with Crippen LogP contribution >= 0.6 is 0 Å². The molecule has 1 aromatic carbocycles. The van der Waals surface area contributed by atoms with Gasteiger partial charge in [-0.3, -0.25) is 0 Å². The van der Waals surface area contributed by atoms with E-state index in [4.69, 9.17) is 5.73 Å². The van der Waals surface area contributed by atoms with E-state index in [-0.39, 0.29) is 6.04 Å². The molecule has 0 heterocycles. The summed E-state index contributed by atoms with van der Waals surface area (Å²) in [6.07, 6.45) is 6.57. The molecule has 2 heteroatoms. The highest BCUT2D eigenvalue weighted by Gasteiger charge is 2.43. The third-order valence-corrected chi connectivity index (χ3v) is 4.77. The van der Waals surface area contributed by atoms with Crippen molar-refractivity contribution in [1.82, 2.24) is 0 Å². The van der Waals surface area contributed by atoms with Gasteiger partial charge in [-0.1, -0.05) is 12.5 Å². The molecule has 1 saturated carbocycles. The summed E-state index contributed by atoms with van der Waals surface area (Å²) in [7, 11) is 4.22. The Kier molecular flexibility index (Phi) is 2.44. The van der Waals surface area contributed by atoms with E-state index in [0.29, 0.717) is 5.41 Å². The molecule has 2 N–H and O–H groups in total. The van der Waals surface area contributed by atoms with Crippen LogP contribution < -0.4 is 10.6 Å². The molecule has 17 heavy (non-hydrogen) atoms. The molecule has 2 aliphatic rings. The Morgan fingerprint density at radius 2 is 2.00 bits per heavy atom. The number of hydrogen-bond donors (Lipinski definition) is 1. The Labute approximate surface area is 104 Å². The summed E-state index contributed by atoms with van der Waals surface area (Å²) < 4.78 is 0. The zero-order valence-corrected chi connectivity index (χ0v) is 10.9. The minimum Gasteiger partial charge on any atom is -0.378 e. The van der Waals surface area contributed by atoms with Crippen LogP contribution in [0.2, 0.25) is 0 Å². The van der Waals surface area contributed by atoms with E-state index >= 15 is 0 Å². The highest BCUT2D eigenvalue weighted by Crippen LogP contribution is 2.53. The SMILES string of the molecule is CN(C)c1ccc2c(c1)C1(CCC1)CCC2N. The average molecular weight is 230 g/mol. The zero-order chi connectivity index (χ0) is 12.0. The van der Waals surface area contributed by atoms with E-state index in [1.54, 1.807) is 5.56 Å². The van der Waals surface area contributed by atoms with E-state index in [1.165, 1.54) is 36.9 Å². The lowest BCUT2D eigenvalue weighted by molar-refractivity contribution is 0.199. The molecule has 1 atom stereocenters. The minimum atomic E-state index is 0.257. The van der Waals surface area contributed by atoms with Crippen LogP contribution in [0.1, 0.15) is 49.3 Å². The van der Waals surface area contributed by atoms with Crippen molar-refractivity contribution >= 4 is 5.69 Å². The second-order valence-electron chi connectivity index (χ2n) is 5.95. The second-order valence-corrected chi connectivity index (χ2v) is 5.95. The summed E-state index contributed by atoms with van der Waals surface area (Å²) in [5.41, 5.74) is 11.0. The minimum absolute atomic E-state index is 0.257. The van der Waals surface area contributed by atoms with Gasteiger partial charge in [0, 0.05) is 25.8 Å². The van der Waals surface area contributed by atoms with E-state index in [9.17, 15) is 0 Å². The molecule has 3 rings (SSSR count). The van der Waals surface area contributed by atoms with Crippen molar-refractivity contribution in [3.63, 3.8) is 0 Å². The van der Waals surface area contributed by atoms with Gasteiger partial charge >= 0.3 is 0 Å². The number of rotatable bonds is 1. The molecule has 0 saturated heterocycles. The third kappa shape index (κ3) is 1.58. The molecule has 92 valence electrons. The van der Waals surface area contributed by atoms with Gasteiger partial charge in [0.05, 0.1) is 0 Å². The number of nitrogens with two attached hydrogens (primary N) is 1. The Hall–Kier alpha value is -1.02. The Bertz CT molecular complexity index is 433. The number of benzene rings is 1. The molecule has 0 aromatic heterocycles. The van der Waals surface area contributed by atoms with E-state index in [1.807, 2.05) is 0 Å². The maximum atomic E-state index is 6.26. The fourth-order valence-electron chi connectivity index (χ4n) is 3.45. The van der Waals surface area contributed by atoms with Crippen LogP contribution in [0, 0.1) is 0 Å². The Morgan fingerprint density at radius 3 is 2.59 bits per heavy atom. The Balaban J connectivity index is 2.10. The normalized spacial score (nSPS) is 25.2. The lowest BCUT2D eigenvalue weighted by Crippen LogP contribution is -2.40. The molecule has 2 nitrogen and oxygen atoms in total. The first-order valence-corrected chi connectivity index (χ1v) is 6.70. The van der Waals surface area contributed by atoms with Crippen molar-refractivity contribution in [2.24, 2.45) is 5.73 Å². The van der Waals surface area contributed by atoms with Crippen LogP contribution in [0.4, 0.5) is 5.69 Å². The van der Waals surface area contributed by atoms with Gasteiger partial charge in [0.25, 0.3) is 0 Å². The number of anilines is 1. The summed E-state index contributed by atoms with van der Waals surface area (Å²) in [6.45, 7) is 0. The molecular weight excluding hydrogens is 208 g/mol. The summed E-state index contributed by atoms with van der Waals surface area (Å²) >= 11 is 0. The maximum absolute atomic E-state index is 6.26.